The molecule has 0 radical (unpaired) electrons. The monoisotopic (exact) mass is 220 g/mol. The number of carboxylic acid groups (broad SMARTS) is 2. The SMILES string of the molecule is O=C(O)C(=CCCc1ccccc1)C(=O)O. The number of hydrogen-bond donors (Lipinski definition) is 2. The molecule has 0 aliphatic heterocycles. The standard InChI is InChI=1S/C12H12O4/c13-11(14)10(12(15)16)8-4-7-9-5-2-1-3-6-9/h1-3,5-6,8H,4,7H2,(H,13,14)(H,15,16). The molecule has 2 N–H and O–H groups in total. The third-order valence-corrected chi connectivity index (χ3v) is 2.09. The number of carboxylic acids is 2. The summed E-state index contributed by atoms with van der Waals surface area (Å²) in [5, 5.41) is 17.2. The molecule has 0 amide bonds. The maximum absolute atomic E-state index is 10.5. The van der Waals surface area contributed by atoms with Crippen LogP contribution in [0.4, 0.5) is 0 Å². The van der Waals surface area contributed by atoms with Gasteiger partial charge in [0.15, 0.2) is 0 Å². The van der Waals surface area contributed by atoms with Crippen LogP contribution in [0.25, 0.3) is 0 Å². The lowest BCUT2D eigenvalue weighted by atomic mass is 10.1. The quantitative estimate of drug-likeness (QED) is 0.450. The third-order valence-electron chi connectivity index (χ3n) is 2.09. The molecule has 0 saturated heterocycles. The molecule has 4 heteroatoms. The van der Waals surface area contributed by atoms with Gasteiger partial charge in [-0.25, -0.2) is 9.59 Å². The topological polar surface area (TPSA) is 74.6 Å². The Balaban J connectivity index is 2.59. The van der Waals surface area contributed by atoms with E-state index in [1.54, 1.807) is 0 Å². The van der Waals surface area contributed by atoms with E-state index in [-0.39, 0.29) is 0 Å². The molecule has 84 valence electrons. The van der Waals surface area contributed by atoms with Gasteiger partial charge < -0.3 is 10.2 Å². The zero-order valence-electron chi connectivity index (χ0n) is 8.59. The zero-order valence-corrected chi connectivity index (χ0v) is 8.59. The minimum atomic E-state index is -1.40. The number of rotatable bonds is 5. The molecule has 0 fully saturated rings. The highest BCUT2D eigenvalue weighted by molar-refractivity contribution is 6.12. The zero-order chi connectivity index (χ0) is 12.0. The van der Waals surface area contributed by atoms with Crippen molar-refractivity contribution in [2.45, 2.75) is 12.8 Å². The van der Waals surface area contributed by atoms with Crippen LogP contribution in [0, 0.1) is 0 Å². The molecule has 0 atom stereocenters. The van der Waals surface area contributed by atoms with Crippen LogP contribution in [-0.2, 0) is 16.0 Å². The Hall–Kier alpha value is -2.10. The molecule has 0 unspecified atom stereocenters. The Morgan fingerprint density at radius 1 is 1.06 bits per heavy atom. The van der Waals surface area contributed by atoms with E-state index < -0.39 is 17.5 Å². The molecule has 0 aliphatic carbocycles. The van der Waals surface area contributed by atoms with Crippen molar-refractivity contribution in [2.24, 2.45) is 0 Å². The molecular weight excluding hydrogens is 208 g/mol. The van der Waals surface area contributed by atoms with E-state index in [0.717, 1.165) is 5.56 Å². The fraction of sp³-hybridized carbons (Fsp3) is 0.167. The number of aryl methyl sites for hydroxylation is 1. The predicted octanol–water partition coefficient (Wildman–Crippen LogP) is 1.71. The Morgan fingerprint density at radius 3 is 2.12 bits per heavy atom. The smallest absolute Gasteiger partial charge is 0.342 e. The van der Waals surface area contributed by atoms with Crippen LogP contribution in [0.2, 0.25) is 0 Å². The molecule has 0 spiro atoms. The molecule has 16 heavy (non-hydrogen) atoms. The lowest BCUT2D eigenvalue weighted by Gasteiger charge is -1.98. The minimum absolute atomic E-state index is 0.401. The second-order valence-electron chi connectivity index (χ2n) is 3.25. The van der Waals surface area contributed by atoms with Gasteiger partial charge in [-0.15, -0.1) is 0 Å². The Bertz CT molecular complexity index is 390. The first-order valence-electron chi connectivity index (χ1n) is 4.82. The number of hydrogen-bond acceptors (Lipinski definition) is 2. The van der Waals surface area contributed by atoms with E-state index >= 15 is 0 Å². The summed E-state index contributed by atoms with van der Waals surface area (Å²) >= 11 is 0. The molecular formula is C12H12O4. The Morgan fingerprint density at radius 2 is 1.62 bits per heavy atom. The summed E-state index contributed by atoms with van der Waals surface area (Å²) in [7, 11) is 0. The molecule has 0 heterocycles. The van der Waals surface area contributed by atoms with Crippen LogP contribution >= 0.6 is 0 Å². The van der Waals surface area contributed by atoms with E-state index in [1.165, 1.54) is 6.08 Å². The van der Waals surface area contributed by atoms with Gasteiger partial charge in [0.25, 0.3) is 0 Å². The Kier molecular flexibility index (Phi) is 4.27. The summed E-state index contributed by atoms with van der Waals surface area (Å²) < 4.78 is 0. The van der Waals surface area contributed by atoms with Crippen LogP contribution in [0.1, 0.15) is 12.0 Å². The molecule has 1 aromatic rings. The second kappa shape index (κ2) is 5.70. The number of allylic oxidation sites excluding steroid dienone is 1. The van der Waals surface area contributed by atoms with E-state index in [9.17, 15) is 9.59 Å². The number of benzene rings is 1. The first kappa shape index (κ1) is 12.0. The van der Waals surface area contributed by atoms with Gasteiger partial charge in [0.1, 0.15) is 5.57 Å². The van der Waals surface area contributed by atoms with E-state index in [1.807, 2.05) is 30.3 Å². The van der Waals surface area contributed by atoms with Crippen molar-refractivity contribution < 1.29 is 19.8 Å². The molecule has 0 bridgehead atoms. The van der Waals surface area contributed by atoms with Crippen molar-refractivity contribution in [3.63, 3.8) is 0 Å². The predicted molar refractivity (Wildman–Crippen MR) is 58.1 cm³/mol. The lowest BCUT2D eigenvalue weighted by molar-refractivity contribution is -0.140. The third kappa shape index (κ3) is 3.57. The van der Waals surface area contributed by atoms with Crippen molar-refractivity contribution in [1.29, 1.82) is 0 Å². The van der Waals surface area contributed by atoms with Crippen molar-refractivity contribution in [3.8, 4) is 0 Å². The van der Waals surface area contributed by atoms with E-state index in [0.29, 0.717) is 12.8 Å². The molecule has 1 rings (SSSR count). The van der Waals surface area contributed by atoms with Crippen LogP contribution in [-0.4, -0.2) is 22.2 Å². The molecule has 0 aliphatic rings. The Labute approximate surface area is 92.8 Å². The molecule has 0 saturated carbocycles. The van der Waals surface area contributed by atoms with Gasteiger partial charge in [0.2, 0.25) is 0 Å². The van der Waals surface area contributed by atoms with Gasteiger partial charge in [0.05, 0.1) is 0 Å². The average molecular weight is 220 g/mol. The summed E-state index contributed by atoms with van der Waals surface area (Å²) in [5.74, 6) is -2.80. The number of aliphatic carboxylic acids is 2. The van der Waals surface area contributed by atoms with E-state index in [2.05, 4.69) is 0 Å². The maximum atomic E-state index is 10.5. The summed E-state index contributed by atoms with van der Waals surface area (Å²) in [5.41, 5.74) is 0.477. The van der Waals surface area contributed by atoms with E-state index in [4.69, 9.17) is 10.2 Å². The molecule has 0 aromatic heterocycles. The van der Waals surface area contributed by atoms with Gasteiger partial charge in [-0.05, 0) is 18.4 Å². The lowest BCUT2D eigenvalue weighted by Crippen LogP contribution is -2.11. The van der Waals surface area contributed by atoms with Crippen molar-refractivity contribution in [1.82, 2.24) is 0 Å². The summed E-state index contributed by atoms with van der Waals surface area (Å²) in [4.78, 5) is 21.1. The summed E-state index contributed by atoms with van der Waals surface area (Å²) in [6.45, 7) is 0. The van der Waals surface area contributed by atoms with Crippen LogP contribution in [0.15, 0.2) is 42.0 Å². The highest BCUT2D eigenvalue weighted by Crippen LogP contribution is 2.05. The van der Waals surface area contributed by atoms with Crippen LogP contribution < -0.4 is 0 Å². The molecule has 1 aromatic carbocycles. The number of carbonyl (C=O) groups is 2. The van der Waals surface area contributed by atoms with Crippen molar-refractivity contribution in [2.75, 3.05) is 0 Å². The first-order chi connectivity index (χ1) is 7.61. The summed E-state index contributed by atoms with van der Waals surface area (Å²) in [6, 6.07) is 9.48. The first-order valence-corrected chi connectivity index (χ1v) is 4.82. The highest BCUT2D eigenvalue weighted by Gasteiger charge is 2.14. The van der Waals surface area contributed by atoms with Gasteiger partial charge in [-0.1, -0.05) is 36.4 Å². The fourth-order valence-electron chi connectivity index (χ4n) is 1.29. The van der Waals surface area contributed by atoms with Crippen molar-refractivity contribution >= 4 is 11.9 Å². The average Bonchev–Trinajstić information content (AvgIpc) is 2.24. The van der Waals surface area contributed by atoms with Gasteiger partial charge in [-0.3, -0.25) is 0 Å². The van der Waals surface area contributed by atoms with Crippen LogP contribution in [0.3, 0.4) is 0 Å². The maximum Gasteiger partial charge on any atom is 0.342 e. The molecule has 4 nitrogen and oxygen atoms in total. The largest absolute Gasteiger partial charge is 0.477 e. The summed E-state index contributed by atoms with van der Waals surface area (Å²) in [6.07, 6.45) is 2.26. The van der Waals surface area contributed by atoms with Crippen LogP contribution in [0.5, 0.6) is 0 Å². The second-order valence-corrected chi connectivity index (χ2v) is 3.25. The van der Waals surface area contributed by atoms with Gasteiger partial charge >= 0.3 is 11.9 Å². The van der Waals surface area contributed by atoms with Crippen molar-refractivity contribution in [3.05, 3.63) is 47.5 Å². The fourth-order valence-corrected chi connectivity index (χ4v) is 1.29. The van der Waals surface area contributed by atoms with Gasteiger partial charge in [-0.2, -0.15) is 0 Å². The highest BCUT2D eigenvalue weighted by atomic mass is 16.4. The van der Waals surface area contributed by atoms with Gasteiger partial charge in [0, 0.05) is 0 Å². The minimum Gasteiger partial charge on any atom is -0.477 e. The normalized spacial score (nSPS) is 9.50.